The van der Waals surface area contributed by atoms with Crippen LogP contribution >= 0.6 is 0 Å². The maximum atomic E-state index is 5.47. The molecule has 1 aromatic rings. The van der Waals surface area contributed by atoms with Crippen molar-refractivity contribution in [1.29, 1.82) is 0 Å². The van der Waals surface area contributed by atoms with Gasteiger partial charge in [0, 0.05) is 23.6 Å². The van der Waals surface area contributed by atoms with Crippen LogP contribution < -0.4 is 11.3 Å². The molecule has 16 heavy (non-hydrogen) atoms. The number of nitrogens with two attached hydrogens (primary N) is 1. The number of hydrogen-bond donors (Lipinski definition) is 2. The van der Waals surface area contributed by atoms with Gasteiger partial charge in [-0.2, -0.15) is 0 Å². The van der Waals surface area contributed by atoms with E-state index >= 15 is 0 Å². The van der Waals surface area contributed by atoms with Gasteiger partial charge in [0.2, 0.25) is 0 Å². The zero-order chi connectivity index (χ0) is 11.0. The first-order valence-electron chi connectivity index (χ1n) is 6.22. The summed E-state index contributed by atoms with van der Waals surface area (Å²) in [6, 6.07) is 2.02. The van der Waals surface area contributed by atoms with Gasteiger partial charge in [0.05, 0.1) is 0 Å². The second kappa shape index (κ2) is 4.01. The number of nitrogen functional groups attached to an aromatic ring is 1. The summed E-state index contributed by atoms with van der Waals surface area (Å²) in [6.45, 7) is 0. The molecule has 2 fully saturated rings. The van der Waals surface area contributed by atoms with Crippen molar-refractivity contribution in [3.63, 3.8) is 0 Å². The fourth-order valence-electron chi connectivity index (χ4n) is 2.51. The maximum absolute atomic E-state index is 5.47. The van der Waals surface area contributed by atoms with Crippen LogP contribution in [0.15, 0.2) is 6.07 Å². The molecule has 2 aliphatic carbocycles. The van der Waals surface area contributed by atoms with E-state index in [1.807, 2.05) is 6.07 Å². The lowest BCUT2D eigenvalue weighted by Gasteiger charge is -2.11. The normalized spacial score (nSPS) is 21.3. The van der Waals surface area contributed by atoms with Gasteiger partial charge in [0.1, 0.15) is 11.6 Å². The number of anilines is 1. The third-order valence-electron chi connectivity index (χ3n) is 3.63. The standard InChI is InChI=1S/C12H18N4/c13-16-11-7-10(8-3-1-2-4-8)14-12(15-11)9-5-6-9/h7-9H,1-6,13H2,(H,14,15,16). The van der Waals surface area contributed by atoms with E-state index in [0.717, 1.165) is 11.6 Å². The number of aromatic nitrogens is 2. The number of nitrogens with one attached hydrogen (secondary N) is 1. The Bertz CT molecular complexity index is 381. The lowest BCUT2D eigenvalue weighted by Crippen LogP contribution is -2.12. The Morgan fingerprint density at radius 1 is 1.06 bits per heavy atom. The van der Waals surface area contributed by atoms with Crippen LogP contribution in [0, 0.1) is 0 Å². The lowest BCUT2D eigenvalue weighted by atomic mass is 10.0. The minimum absolute atomic E-state index is 0.591. The molecule has 86 valence electrons. The van der Waals surface area contributed by atoms with Crippen molar-refractivity contribution >= 4 is 5.82 Å². The molecule has 4 heteroatoms. The molecule has 0 bridgehead atoms. The Morgan fingerprint density at radius 2 is 1.81 bits per heavy atom. The lowest BCUT2D eigenvalue weighted by molar-refractivity contribution is 0.684. The van der Waals surface area contributed by atoms with Gasteiger partial charge >= 0.3 is 0 Å². The first-order valence-corrected chi connectivity index (χ1v) is 6.22. The first-order chi connectivity index (χ1) is 7.86. The molecule has 0 amide bonds. The number of hydrazine groups is 1. The van der Waals surface area contributed by atoms with Gasteiger partial charge < -0.3 is 5.43 Å². The second-order valence-corrected chi connectivity index (χ2v) is 4.94. The van der Waals surface area contributed by atoms with Gasteiger partial charge in [-0.15, -0.1) is 0 Å². The van der Waals surface area contributed by atoms with E-state index in [1.165, 1.54) is 44.2 Å². The molecular formula is C12H18N4. The predicted molar refractivity (Wildman–Crippen MR) is 63.0 cm³/mol. The second-order valence-electron chi connectivity index (χ2n) is 4.94. The SMILES string of the molecule is NNc1cc(C2CCCC2)nc(C2CC2)n1. The summed E-state index contributed by atoms with van der Waals surface area (Å²) in [5.41, 5.74) is 3.86. The van der Waals surface area contributed by atoms with Crippen LogP contribution in [-0.2, 0) is 0 Å². The summed E-state index contributed by atoms with van der Waals surface area (Å²) in [4.78, 5) is 9.16. The highest BCUT2D eigenvalue weighted by Gasteiger charge is 2.28. The first kappa shape index (κ1) is 10.0. The van der Waals surface area contributed by atoms with Crippen molar-refractivity contribution in [3.05, 3.63) is 17.6 Å². The number of hydrogen-bond acceptors (Lipinski definition) is 4. The van der Waals surface area contributed by atoms with Gasteiger partial charge in [0.25, 0.3) is 0 Å². The van der Waals surface area contributed by atoms with Crippen LogP contribution in [-0.4, -0.2) is 9.97 Å². The Kier molecular flexibility index (Phi) is 2.52. The molecule has 4 nitrogen and oxygen atoms in total. The van der Waals surface area contributed by atoms with E-state index in [0.29, 0.717) is 11.8 Å². The van der Waals surface area contributed by atoms with Gasteiger partial charge in [-0.25, -0.2) is 15.8 Å². The molecule has 0 saturated heterocycles. The smallest absolute Gasteiger partial charge is 0.143 e. The summed E-state index contributed by atoms with van der Waals surface area (Å²) in [7, 11) is 0. The van der Waals surface area contributed by atoms with Gasteiger partial charge in [0.15, 0.2) is 0 Å². The maximum Gasteiger partial charge on any atom is 0.143 e. The highest BCUT2D eigenvalue weighted by atomic mass is 15.3. The topological polar surface area (TPSA) is 63.8 Å². The molecule has 2 aliphatic rings. The van der Waals surface area contributed by atoms with Crippen molar-refractivity contribution in [1.82, 2.24) is 9.97 Å². The summed E-state index contributed by atoms with van der Waals surface area (Å²) in [5.74, 6) is 8.46. The highest BCUT2D eigenvalue weighted by Crippen LogP contribution is 2.40. The molecule has 2 saturated carbocycles. The minimum atomic E-state index is 0.591. The van der Waals surface area contributed by atoms with E-state index in [1.54, 1.807) is 0 Å². The Balaban J connectivity index is 1.92. The van der Waals surface area contributed by atoms with Crippen LogP contribution in [0.5, 0.6) is 0 Å². The Hall–Kier alpha value is -1.16. The molecule has 3 rings (SSSR count). The Labute approximate surface area is 95.6 Å². The highest BCUT2D eigenvalue weighted by molar-refractivity contribution is 5.36. The predicted octanol–water partition coefficient (Wildman–Crippen LogP) is 2.30. The summed E-state index contributed by atoms with van der Waals surface area (Å²) in [6.07, 6.45) is 7.67. The molecule has 0 aliphatic heterocycles. The van der Waals surface area contributed by atoms with E-state index in [-0.39, 0.29) is 0 Å². The van der Waals surface area contributed by atoms with Gasteiger partial charge in [-0.1, -0.05) is 12.8 Å². The summed E-state index contributed by atoms with van der Waals surface area (Å²) < 4.78 is 0. The molecule has 1 heterocycles. The summed E-state index contributed by atoms with van der Waals surface area (Å²) in [5, 5.41) is 0. The van der Waals surface area contributed by atoms with Crippen molar-refractivity contribution in [2.24, 2.45) is 5.84 Å². The molecular weight excluding hydrogens is 200 g/mol. The Morgan fingerprint density at radius 3 is 2.44 bits per heavy atom. The molecule has 0 atom stereocenters. The average Bonchev–Trinajstić information content (AvgIpc) is 3.04. The van der Waals surface area contributed by atoms with E-state index in [4.69, 9.17) is 10.8 Å². The molecule has 0 radical (unpaired) electrons. The number of nitrogens with zero attached hydrogens (tertiary/aromatic N) is 2. The van der Waals surface area contributed by atoms with E-state index in [2.05, 4.69) is 10.4 Å². The third-order valence-corrected chi connectivity index (χ3v) is 3.63. The van der Waals surface area contributed by atoms with Crippen molar-refractivity contribution in [2.45, 2.75) is 50.4 Å². The molecule has 0 unspecified atom stereocenters. The fraction of sp³-hybridized carbons (Fsp3) is 0.667. The third kappa shape index (κ3) is 1.89. The summed E-state index contributed by atoms with van der Waals surface area (Å²) >= 11 is 0. The van der Waals surface area contributed by atoms with Gasteiger partial charge in [-0.3, -0.25) is 0 Å². The van der Waals surface area contributed by atoms with Crippen LogP contribution in [0.2, 0.25) is 0 Å². The monoisotopic (exact) mass is 218 g/mol. The largest absolute Gasteiger partial charge is 0.308 e. The van der Waals surface area contributed by atoms with Crippen LogP contribution in [0.3, 0.4) is 0 Å². The molecule has 0 spiro atoms. The zero-order valence-corrected chi connectivity index (χ0v) is 9.45. The van der Waals surface area contributed by atoms with Crippen LogP contribution in [0.1, 0.15) is 61.9 Å². The van der Waals surface area contributed by atoms with Crippen LogP contribution in [0.25, 0.3) is 0 Å². The van der Waals surface area contributed by atoms with E-state index in [9.17, 15) is 0 Å². The fourth-order valence-corrected chi connectivity index (χ4v) is 2.51. The molecule has 3 N–H and O–H groups in total. The van der Waals surface area contributed by atoms with Crippen LogP contribution in [0.4, 0.5) is 5.82 Å². The van der Waals surface area contributed by atoms with E-state index < -0.39 is 0 Å². The average molecular weight is 218 g/mol. The van der Waals surface area contributed by atoms with Crippen molar-refractivity contribution < 1.29 is 0 Å². The van der Waals surface area contributed by atoms with Crippen molar-refractivity contribution in [2.75, 3.05) is 5.43 Å². The molecule has 1 aromatic heterocycles. The number of rotatable bonds is 3. The van der Waals surface area contributed by atoms with Crippen molar-refractivity contribution in [3.8, 4) is 0 Å². The quantitative estimate of drug-likeness (QED) is 0.603. The zero-order valence-electron chi connectivity index (χ0n) is 9.45. The molecule has 0 aromatic carbocycles. The van der Waals surface area contributed by atoms with Gasteiger partial charge in [-0.05, 0) is 25.7 Å². The minimum Gasteiger partial charge on any atom is -0.308 e.